The zero-order valence-electron chi connectivity index (χ0n) is 16.6. The van der Waals surface area contributed by atoms with Crippen LogP contribution in [0.2, 0.25) is 0 Å². The van der Waals surface area contributed by atoms with Crippen molar-refractivity contribution in [2.75, 3.05) is 5.32 Å². The van der Waals surface area contributed by atoms with E-state index in [0.717, 1.165) is 6.07 Å². The van der Waals surface area contributed by atoms with E-state index in [2.05, 4.69) is 25.6 Å². The quantitative estimate of drug-likeness (QED) is 0.246. The van der Waals surface area contributed by atoms with Gasteiger partial charge in [-0.3, -0.25) is 4.79 Å². The van der Waals surface area contributed by atoms with Gasteiger partial charge in [0.25, 0.3) is 5.91 Å². The minimum Gasteiger partial charge on any atom is -0.321 e. The Bertz CT molecular complexity index is 1260. The average Bonchev–Trinajstić information content (AvgIpc) is 3.23. The molecule has 7 nitrogen and oxygen atoms in total. The van der Waals surface area contributed by atoms with Gasteiger partial charge in [-0.1, -0.05) is 35.2 Å². The van der Waals surface area contributed by atoms with Crippen LogP contribution in [0.15, 0.2) is 72.1 Å². The molecule has 168 valence electrons. The van der Waals surface area contributed by atoms with Crippen molar-refractivity contribution >= 4 is 23.4 Å². The first-order valence-electron chi connectivity index (χ1n) is 9.41. The van der Waals surface area contributed by atoms with E-state index in [9.17, 15) is 22.4 Å². The maximum atomic E-state index is 13.6. The number of hydrogen-bond acceptors (Lipinski definition) is 6. The lowest BCUT2D eigenvalue weighted by atomic mass is 10.1. The van der Waals surface area contributed by atoms with E-state index in [4.69, 9.17) is 0 Å². The highest BCUT2D eigenvalue weighted by atomic mass is 32.2. The second-order valence-corrected chi connectivity index (χ2v) is 7.54. The lowest BCUT2D eigenvalue weighted by Gasteiger charge is -2.11. The fourth-order valence-electron chi connectivity index (χ4n) is 2.89. The third-order valence-corrected chi connectivity index (χ3v) is 5.28. The van der Waals surface area contributed by atoms with Crippen LogP contribution in [-0.2, 0) is 11.9 Å². The van der Waals surface area contributed by atoms with Crippen LogP contribution < -0.4 is 5.32 Å². The molecule has 0 radical (unpaired) electrons. The zero-order valence-corrected chi connectivity index (χ0v) is 17.4. The molecule has 0 aliphatic rings. The summed E-state index contributed by atoms with van der Waals surface area (Å²) in [6, 6.07) is 12.8. The number of thioether (sulfide) groups is 1. The Hall–Kier alpha value is -3.80. The van der Waals surface area contributed by atoms with E-state index in [1.807, 2.05) is 6.07 Å². The Kier molecular flexibility index (Phi) is 6.36. The molecule has 0 aliphatic carbocycles. The van der Waals surface area contributed by atoms with Crippen molar-refractivity contribution in [1.29, 1.82) is 0 Å². The molecule has 0 unspecified atom stereocenters. The van der Waals surface area contributed by atoms with Gasteiger partial charge in [0.2, 0.25) is 0 Å². The summed E-state index contributed by atoms with van der Waals surface area (Å²) in [4.78, 5) is 21.1. The lowest BCUT2D eigenvalue weighted by molar-refractivity contribution is -0.139. The van der Waals surface area contributed by atoms with Gasteiger partial charge < -0.3 is 5.32 Å². The number of rotatable bonds is 6. The third kappa shape index (κ3) is 5.17. The van der Waals surface area contributed by atoms with Crippen molar-refractivity contribution in [3.63, 3.8) is 0 Å². The Balaban J connectivity index is 1.65. The molecule has 2 aromatic heterocycles. The van der Waals surface area contributed by atoms with Gasteiger partial charge in [-0.15, -0.1) is 5.10 Å². The largest absolute Gasteiger partial charge is 0.419 e. The van der Waals surface area contributed by atoms with Crippen LogP contribution in [0.1, 0.15) is 21.7 Å². The number of hydrogen-bond donors (Lipinski definition) is 1. The number of para-hydroxylation sites is 1. The predicted octanol–water partition coefficient (Wildman–Crippen LogP) is 4.76. The summed E-state index contributed by atoms with van der Waals surface area (Å²) in [5.74, 6) is -2.02. The summed E-state index contributed by atoms with van der Waals surface area (Å²) in [6.07, 6.45) is -1.76. The number of anilines is 1. The minimum atomic E-state index is -4.90. The van der Waals surface area contributed by atoms with Crippen LogP contribution in [0.4, 0.5) is 23.2 Å². The molecule has 0 fully saturated rings. The molecule has 0 saturated heterocycles. The van der Waals surface area contributed by atoms with Crippen molar-refractivity contribution in [3.8, 4) is 5.69 Å². The van der Waals surface area contributed by atoms with Crippen molar-refractivity contribution in [2.24, 2.45) is 0 Å². The van der Waals surface area contributed by atoms with Crippen LogP contribution in [0.5, 0.6) is 0 Å². The third-order valence-electron chi connectivity index (χ3n) is 4.39. The average molecular weight is 474 g/mol. The summed E-state index contributed by atoms with van der Waals surface area (Å²) < 4.78 is 54.1. The van der Waals surface area contributed by atoms with E-state index in [0.29, 0.717) is 28.7 Å². The molecule has 0 atom stereocenters. The molecule has 4 rings (SSSR count). The van der Waals surface area contributed by atoms with Crippen molar-refractivity contribution in [2.45, 2.75) is 17.1 Å². The summed E-state index contributed by atoms with van der Waals surface area (Å²) in [6.45, 7) is 0. The summed E-state index contributed by atoms with van der Waals surface area (Å²) in [5.41, 5.74) is -0.789. The van der Waals surface area contributed by atoms with Gasteiger partial charge in [0.1, 0.15) is 5.82 Å². The van der Waals surface area contributed by atoms with Gasteiger partial charge >= 0.3 is 6.18 Å². The van der Waals surface area contributed by atoms with Crippen molar-refractivity contribution < 1.29 is 22.4 Å². The summed E-state index contributed by atoms with van der Waals surface area (Å²) >= 11 is 1.23. The molecule has 0 spiro atoms. The fourth-order valence-corrected chi connectivity index (χ4v) is 3.68. The Morgan fingerprint density at radius 1 is 1.03 bits per heavy atom. The predicted molar refractivity (Wildman–Crippen MR) is 112 cm³/mol. The van der Waals surface area contributed by atoms with Gasteiger partial charge in [-0.05, 0) is 36.4 Å². The van der Waals surface area contributed by atoms with E-state index in [-0.39, 0.29) is 17.1 Å². The van der Waals surface area contributed by atoms with E-state index in [1.54, 1.807) is 42.7 Å². The molecule has 1 N–H and O–H groups in total. The minimum absolute atomic E-state index is 0.0971. The number of carbonyl (C=O) groups excluding carboxylic acids is 1. The number of nitrogens with one attached hydrogen (secondary N) is 1. The number of halogens is 4. The molecule has 0 bridgehead atoms. The van der Waals surface area contributed by atoms with E-state index in [1.165, 1.54) is 16.4 Å². The van der Waals surface area contributed by atoms with Crippen molar-refractivity contribution in [1.82, 2.24) is 25.0 Å². The van der Waals surface area contributed by atoms with Gasteiger partial charge in [-0.2, -0.15) is 13.2 Å². The second kappa shape index (κ2) is 9.36. The van der Waals surface area contributed by atoms with E-state index < -0.39 is 23.5 Å². The topological polar surface area (TPSA) is 85.6 Å². The smallest absolute Gasteiger partial charge is 0.321 e. The summed E-state index contributed by atoms with van der Waals surface area (Å²) in [7, 11) is 0. The van der Waals surface area contributed by atoms with Crippen LogP contribution in [0, 0.1) is 5.82 Å². The molecule has 2 aromatic carbocycles. The zero-order chi connectivity index (χ0) is 23.4. The molecule has 4 aromatic rings. The maximum absolute atomic E-state index is 13.6. The first-order chi connectivity index (χ1) is 15.8. The lowest BCUT2D eigenvalue weighted by Crippen LogP contribution is -2.16. The van der Waals surface area contributed by atoms with Crippen LogP contribution >= 0.6 is 11.8 Å². The molecular formula is C21H14F4N6OS. The van der Waals surface area contributed by atoms with Gasteiger partial charge in [0.05, 0.1) is 16.9 Å². The highest BCUT2D eigenvalue weighted by Gasteiger charge is 2.34. The Morgan fingerprint density at radius 3 is 2.45 bits per heavy atom. The standard InChI is InChI=1S/C21H14F4N6OS/c22-16-8-7-13(11-15(16)21(23,24)25)28-19(32)18-17(12-33-20-26-9-4-10-27-20)31(30-29-18)14-5-2-1-3-6-14/h1-11H,12H2,(H,28,32). The monoisotopic (exact) mass is 474 g/mol. The highest BCUT2D eigenvalue weighted by Crippen LogP contribution is 2.33. The van der Waals surface area contributed by atoms with E-state index >= 15 is 0 Å². The normalized spacial score (nSPS) is 11.4. The molecule has 12 heteroatoms. The first kappa shape index (κ1) is 22.4. The number of alkyl halides is 3. The molecule has 2 heterocycles. The second-order valence-electron chi connectivity index (χ2n) is 6.60. The van der Waals surface area contributed by atoms with Gasteiger partial charge in [0.15, 0.2) is 10.9 Å². The van der Waals surface area contributed by atoms with Gasteiger partial charge in [-0.25, -0.2) is 19.0 Å². The number of nitrogens with zero attached hydrogens (tertiary/aromatic N) is 5. The number of amides is 1. The van der Waals surface area contributed by atoms with Crippen LogP contribution in [-0.4, -0.2) is 30.9 Å². The maximum Gasteiger partial charge on any atom is 0.419 e. The first-order valence-corrected chi connectivity index (χ1v) is 10.4. The Morgan fingerprint density at radius 2 is 1.76 bits per heavy atom. The molecular weight excluding hydrogens is 460 g/mol. The fraction of sp³-hybridized carbons (Fsp3) is 0.0952. The van der Waals surface area contributed by atoms with Crippen molar-refractivity contribution in [3.05, 3.63) is 89.8 Å². The molecule has 33 heavy (non-hydrogen) atoms. The number of carbonyl (C=O) groups is 1. The molecule has 0 aliphatic heterocycles. The Labute approximate surface area is 188 Å². The molecule has 0 saturated carbocycles. The molecule has 1 amide bonds. The van der Waals surface area contributed by atoms with Gasteiger partial charge in [0, 0.05) is 23.8 Å². The highest BCUT2D eigenvalue weighted by molar-refractivity contribution is 7.98. The number of aromatic nitrogens is 5. The van der Waals surface area contributed by atoms with Crippen LogP contribution in [0.3, 0.4) is 0 Å². The number of benzene rings is 2. The SMILES string of the molecule is O=C(Nc1ccc(F)c(C(F)(F)F)c1)c1nnn(-c2ccccc2)c1CSc1ncccn1. The van der Waals surface area contributed by atoms with Crippen LogP contribution in [0.25, 0.3) is 5.69 Å². The summed E-state index contributed by atoms with van der Waals surface area (Å²) in [5, 5.41) is 10.8.